The number of guanidine groups is 1. The fraction of sp³-hybridized carbons (Fsp3) is 0.353. The first-order valence-electron chi connectivity index (χ1n) is 7.39. The zero-order valence-electron chi connectivity index (χ0n) is 13.3. The lowest BCUT2D eigenvalue weighted by Crippen LogP contribution is -2.36. The van der Waals surface area contributed by atoms with Crippen LogP contribution in [0.4, 0.5) is 0 Å². The van der Waals surface area contributed by atoms with E-state index in [-0.39, 0.29) is 0 Å². The minimum atomic E-state index is 0.679. The van der Waals surface area contributed by atoms with Crippen LogP contribution in [0.5, 0.6) is 5.75 Å². The predicted molar refractivity (Wildman–Crippen MR) is 93.7 cm³/mol. The largest absolute Gasteiger partial charge is 0.496 e. The first-order valence-corrected chi connectivity index (χ1v) is 8.34. The normalized spacial score (nSPS) is 11.3. The first-order chi connectivity index (χ1) is 10.7. The number of thiophene rings is 1. The maximum absolute atomic E-state index is 5.44. The summed E-state index contributed by atoms with van der Waals surface area (Å²) in [5.74, 6) is 1.72. The summed E-state index contributed by atoms with van der Waals surface area (Å²) in [7, 11) is 1.70. The lowest BCUT2D eigenvalue weighted by Gasteiger charge is -2.14. The highest BCUT2D eigenvalue weighted by Gasteiger charge is 2.04. The minimum Gasteiger partial charge on any atom is -0.496 e. The van der Waals surface area contributed by atoms with Crippen LogP contribution < -0.4 is 15.4 Å². The molecule has 22 heavy (non-hydrogen) atoms. The van der Waals surface area contributed by atoms with Gasteiger partial charge in [-0.25, -0.2) is 4.99 Å². The van der Waals surface area contributed by atoms with Crippen LogP contribution in [0.25, 0.3) is 0 Å². The number of benzene rings is 1. The summed E-state index contributed by atoms with van der Waals surface area (Å²) < 4.78 is 5.44. The van der Waals surface area contributed by atoms with Crippen LogP contribution in [0.15, 0.2) is 40.0 Å². The maximum Gasteiger partial charge on any atom is 0.191 e. The molecule has 0 fully saturated rings. The topological polar surface area (TPSA) is 45.7 Å². The van der Waals surface area contributed by atoms with E-state index in [1.165, 1.54) is 11.1 Å². The summed E-state index contributed by atoms with van der Waals surface area (Å²) in [5.41, 5.74) is 3.54. The zero-order chi connectivity index (χ0) is 15.8. The molecule has 0 aliphatic carbocycles. The Kier molecular flexibility index (Phi) is 6.27. The Labute approximate surface area is 136 Å². The molecular formula is C17H23N3OS. The van der Waals surface area contributed by atoms with E-state index in [2.05, 4.69) is 58.4 Å². The quantitative estimate of drug-likeness (QED) is 0.634. The standard InChI is InChI=1S/C17H23N3OS/c1-4-18-17(19-10-14-7-8-22-12-14)20-11-15-6-5-13(2)9-16(15)21-3/h5-9,12H,4,10-11H2,1-3H3,(H2,18,19,20). The number of rotatable bonds is 6. The van der Waals surface area contributed by atoms with Crippen LogP contribution in [0.2, 0.25) is 0 Å². The molecule has 0 saturated carbocycles. The third-order valence-corrected chi connectivity index (χ3v) is 3.96. The highest BCUT2D eigenvalue weighted by atomic mass is 32.1. The van der Waals surface area contributed by atoms with Crippen molar-refractivity contribution in [3.8, 4) is 5.75 Å². The number of aryl methyl sites for hydroxylation is 1. The molecule has 1 aromatic heterocycles. The van der Waals surface area contributed by atoms with Gasteiger partial charge in [-0.3, -0.25) is 0 Å². The molecule has 0 atom stereocenters. The zero-order valence-corrected chi connectivity index (χ0v) is 14.2. The van der Waals surface area contributed by atoms with Gasteiger partial charge in [0.15, 0.2) is 5.96 Å². The van der Waals surface area contributed by atoms with Gasteiger partial charge in [0.05, 0.1) is 13.7 Å². The molecule has 0 unspecified atom stereocenters. The molecule has 118 valence electrons. The molecule has 2 rings (SSSR count). The summed E-state index contributed by atoms with van der Waals surface area (Å²) in [6, 6.07) is 8.33. The van der Waals surface area contributed by atoms with Crippen LogP contribution in [0.3, 0.4) is 0 Å². The fourth-order valence-electron chi connectivity index (χ4n) is 2.07. The number of hydrogen-bond donors (Lipinski definition) is 2. The number of nitrogens with zero attached hydrogens (tertiary/aromatic N) is 1. The van der Waals surface area contributed by atoms with Gasteiger partial charge in [0, 0.05) is 18.7 Å². The molecule has 0 aliphatic heterocycles. The predicted octanol–water partition coefficient (Wildman–Crippen LogP) is 3.32. The molecule has 1 heterocycles. The monoisotopic (exact) mass is 317 g/mol. The lowest BCUT2D eigenvalue weighted by molar-refractivity contribution is 0.408. The average molecular weight is 317 g/mol. The van der Waals surface area contributed by atoms with Gasteiger partial charge in [-0.15, -0.1) is 0 Å². The molecule has 0 bridgehead atoms. The molecule has 0 saturated heterocycles. The SMILES string of the molecule is CCNC(=NCc1ccsc1)NCc1ccc(C)cc1OC. The van der Waals surface area contributed by atoms with Crippen LogP contribution in [-0.4, -0.2) is 19.6 Å². The third-order valence-electron chi connectivity index (χ3n) is 3.23. The number of hydrogen-bond acceptors (Lipinski definition) is 3. The van der Waals surface area contributed by atoms with Gasteiger partial charge in [-0.2, -0.15) is 11.3 Å². The van der Waals surface area contributed by atoms with E-state index in [1.54, 1.807) is 18.4 Å². The highest BCUT2D eigenvalue weighted by molar-refractivity contribution is 7.07. The third kappa shape index (κ3) is 4.77. The van der Waals surface area contributed by atoms with E-state index in [0.29, 0.717) is 13.1 Å². The molecule has 4 nitrogen and oxygen atoms in total. The van der Waals surface area contributed by atoms with Crippen molar-refractivity contribution in [1.29, 1.82) is 0 Å². The van der Waals surface area contributed by atoms with Crippen molar-refractivity contribution < 1.29 is 4.74 Å². The van der Waals surface area contributed by atoms with Crippen molar-refractivity contribution in [2.45, 2.75) is 26.9 Å². The van der Waals surface area contributed by atoms with Gasteiger partial charge >= 0.3 is 0 Å². The van der Waals surface area contributed by atoms with Crippen LogP contribution in [-0.2, 0) is 13.1 Å². The van der Waals surface area contributed by atoms with Gasteiger partial charge in [-0.05, 0) is 47.9 Å². The van der Waals surface area contributed by atoms with Gasteiger partial charge in [0.25, 0.3) is 0 Å². The smallest absolute Gasteiger partial charge is 0.191 e. The van der Waals surface area contributed by atoms with Crippen molar-refractivity contribution in [3.05, 3.63) is 51.7 Å². The van der Waals surface area contributed by atoms with Crippen LogP contribution in [0.1, 0.15) is 23.6 Å². The fourth-order valence-corrected chi connectivity index (χ4v) is 2.73. The molecule has 5 heteroatoms. The van der Waals surface area contributed by atoms with Crippen molar-refractivity contribution in [1.82, 2.24) is 10.6 Å². The van der Waals surface area contributed by atoms with Gasteiger partial charge in [0.2, 0.25) is 0 Å². The van der Waals surface area contributed by atoms with E-state index in [9.17, 15) is 0 Å². The Morgan fingerprint density at radius 1 is 1.27 bits per heavy atom. The molecular weight excluding hydrogens is 294 g/mol. The van der Waals surface area contributed by atoms with Crippen LogP contribution >= 0.6 is 11.3 Å². The van der Waals surface area contributed by atoms with Crippen molar-refractivity contribution in [2.24, 2.45) is 4.99 Å². The van der Waals surface area contributed by atoms with E-state index in [1.807, 2.05) is 6.07 Å². The van der Waals surface area contributed by atoms with Crippen molar-refractivity contribution >= 4 is 17.3 Å². The molecule has 0 amide bonds. The second-order valence-electron chi connectivity index (χ2n) is 5.00. The molecule has 1 aromatic carbocycles. The van der Waals surface area contributed by atoms with Gasteiger partial charge < -0.3 is 15.4 Å². The molecule has 2 N–H and O–H groups in total. The van der Waals surface area contributed by atoms with Crippen molar-refractivity contribution in [3.63, 3.8) is 0 Å². The first kappa shape index (κ1) is 16.4. The van der Waals surface area contributed by atoms with Gasteiger partial charge in [0.1, 0.15) is 5.75 Å². The van der Waals surface area contributed by atoms with Crippen LogP contribution in [0, 0.1) is 6.92 Å². The molecule has 0 spiro atoms. The number of ether oxygens (including phenoxy) is 1. The maximum atomic E-state index is 5.44. The summed E-state index contributed by atoms with van der Waals surface area (Å²) >= 11 is 1.69. The molecule has 0 radical (unpaired) electrons. The Morgan fingerprint density at radius 3 is 2.82 bits per heavy atom. The summed E-state index contributed by atoms with van der Waals surface area (Å²) in [4.78, 5) is 4.60. The Hall–Kier alpha value is -2.01. The average Bonchev–Trinajstić information content (AvgIpc) is 3.04. The molecule has 0 aliphatic rings. The second-order valence-corrected chi connectivity index (χ2v) is 5.78. The minimum absolute atomic E-state index is 0.679. The Balaban J connectivity index is 2.00. The number of methoxy groups -OCH3 is 1. The number of nitrogens with one attached hydrogen (secondary N) is 2. The van der Waals surface area contributed by atoms with Gasteiger partial charge in [-0.1, -0.05) is 12.1 Å². The van der Waals surface area contributed by atoms with E-state index < -0.39 is 0 Å². The number of aliphatic imine (C=N–C) groups is 1. The van der Waals surface area contributed by atoms with E-state index in [0.717, 1.165) is 23.8 Å². The van der Waals surface area contributed by atoms with E-state index >= 15 is 0 Å². The summed E-state index contributed by atoms with van der Waals surface area (Å²) in [5, 5.41) is 10.8. The van der Waals surface area contributed by atoms with E-state index in [4.69, 9.17) is 4.74 Å². The lowest BCUT2D eigenvalue weighted by atomic mass is 10.1. The highest BCUT2D eigenvalue weighted by Crippen LogP contribution is 2.19. The summed E-state index contributed by atoms with van der Waals surface area (Å²) in [6.45, 7) is 6.32. The molecule has 2 aromatic rings. The Morgan fingerprint density at radius 2 is 2.14 bits per heavy atom. The van der Waals surface area contributed by atoms with Crippen molar-refractivity contribution in [2.75, 3.05) is 13.7 Å². The Bertz CT molecular complexity index is 608. The second kappa shape index (κ2) is 8.44. The summed E-state index contributed by atoms with van der Waals surface area (Å²) in [6.07, 6.45) is 0.